The van der Waals surface area contributed by atoms with E-state index in [-0.39, 0.29) is 0 Å². The topological polar surface area (TPSA) is 46.1 Å². The molecule has 0 aliphatic rings. The standard InChI is InChI=1S/C8H10BN2/c1-7(4-10)3-8(2,5-9)6-11/h3,5H2,1-2H3/q-1. The Bertz CT molecular complexity index is 223. The summed E-state index contributed by atoms with van der Waals surface area (Å²) >= 11 is 0. The lowest BCUT2D eigenvalue weighted by atomic mass is 9.75. The summed E-state index contributed by atoms with van der Waals surface area (Å²) in [7, 11) is 5.38. The molecule has 11 heavy (non-hydrogen) atoms. The Labute approximate surface area is 68.8 Å². The summed E-state index contributed by atoms with van der Waals surface area (Å²) < 4.78 is 0. The van der Waals surface area contributed by atoms with Gasteiger partial charge in [0, 0.05) is 0 Å². The van der Waals surface area contributed by atoms with Crippen molar-refractivity contribution in [2.75, 3.05) is 0 Å². The van der Waals surface area contributed by atoms with Crippen LogP contribution < -0.4 is 0 Å². The summed E-state index contributed by atoms with van der Waals surface area (Å²) in [5.41, 5.74) is 0.0827. The fourth-order valence-corrected chi connectivity index (χ4v) is 0.782. The third kappa shape index (κ3) is 3.07. The first kappa shape index (κ1) is 10.0. The van der Waals surface area contributed by atoms with Crippen molar-refractivity contribution >= 4 is 13.7 Å². The van der Waals surface area contributed by atoms with E-state index in [4.69, 9.17) is 18.5 Å². The summed E-state index contributed by atoms with van der Waals surface area (Å²) in [6, 6.07) is 2.10. The minimum absolute atomic E-state index is 0.294. The molecule has 0 aromatic heterocycles. The van der Waals surface area contributed by atoms with Gasteiger partial charge in [0.15, 0.2) is 0 Å². The maximum absolute atomic E-state index is 8.68. The van der Waals surface area contributed by atoms with Crippen LogP contribution in [0.25, 0.3) is 5.41 Å². The van der Waals surface area contributed by atoms with Crippen molar-refractivity contribution < 1.29 is 0 Å². The van der Waals surface area contributed by atoms with Crippen molar-refractivity contribution in [3.05, 3.63) is 11.0 Å². The molecule has 1 atom stereocenters. The van der Waals surface area contributed by atoms with Gasteiger partial charge in [-0.1, -0.05) is 11.9 Å². The van der Waals surface area contributed by atoms with Crippen LogP contribution in [0.1, 0.15) is 20.3 Å². The molecule has 0 saturated carbocycles. The van der Waals surface area contributed by atoms with Gasteiger partial charge in [-0.3, -0.25) is 5.87 Å². The summed E-state index contributed by atoms with van der Waals surface area (Å²) in [6.45, 7) is 3.47. The van der Waals surface area contributed by atoms with Gasteiger partial charge in [0.05, 0.1) is 19.3 Å². The van der Waals surface area contributed by atoms with E-state index in [0.29, 0.717) is 18.3 Å². The number of nitriles is 1. The highest BCUT2D eigenvalue weighted by Gasteiger charge is 2.20. The molecule has 0 saturated heterocycles. The molecule has 2 radical (unpaired) electrons. The first-order valence-corrected chi connectivity index (χ1v) is 3.42. The highest BCUT2D eigenvalue weighted by Crippen LogP contribution is 2.26. The largest absolute Gasteiger partial charge is 0.763 e. The van der Waals surface area contributed by atoms with Gasteiger partial charge in [0.1, 0.15) is 0 Å². The minimum Gasteiger partial charge on any atom is -0.763 e. The van der Waals surface area contributed by atoms with Gasteiger partial charge in [-0.2, -0.15) is 5.26 Å². The van der Waals surface area contributed by atoms with E-state index in [1.807, 2.05) is 5.87 Å². The molecule has 0 rings (SSSR count). The van der Waals surface area contributed by atoms with Crippen LogP contribution in [-0.2, 0) is 0 Å². The fourth-order valence-electron chi connectivity index (χ4n) is 0.782. The minimum atomic E-state index is -0.570. The van der Waals surface area contributed by atoms with Crippen LogP contribution in [0.2, 0.25) is 6.32 Å². The molecule has 2 nitrogen and oxygen atoms in total. The maximum Gasteiger partial charge on any atom is 0.0682 e. The number of hydrogen-bond acceptors (Lipinski definition) is 1. The van der Waals surface area contributed by atoms with E-state index in [0.717, 1.165) is 0 Å². The van der Waals surface area contributed by atoms with Gasteiger partial charge in [0.2, 0.25) is 0 Å². The Morgan fingerprint density at radius 2 is 2.27 bits per heavy atom. The van der Waals surface area contributed by atoms with Gasteiger partial charge in [-0.05, 0) is 20.3 Å². The molecular weight excluding hydrogens is 135 g/mol. The zero-order chi connectivity index (χ0) is 8.91. The van der Waals surface area contributed by atoms with Gasteiger partial charge in [-0.25, -0.2) is 0 Å². The highest BCUT2D eigenvalue weighted by molar-refractivity contribution is 6.09. The Hall–Kier alpha value is -0.995. The van der Waals surface area contributed by atoms with Gasteiger partial charge >= 0.3 is 0 Å². The van der Waals surface area contributed by atoms with E-state index < -0.39 is 5.41 Å². The Morgan fingerprint density at radius 1 is 1.73 bits per heavy atom. The van der Waals surface area contributed by atoms with Gasteiger partial charge in [-0.15, -0.1) is 0 Å². The highest BCUT2D eigenvalue weighted by atomic mass is 14.3. The average molecular weight is 145 g/mol. The molecule has 0 bridgehead atoms. The zero-order valence-electron chi connectivity index (χ0n) is 6.89. The lowest BCUT2D eigenvalue weighted by Crippen LogP contribution is -2.13. The van der Waals surface area contributed by atoms with Crippen LogP contribution in [0.3, 0.4) is 0 Å². The molecule has 1 unspecified atom stereocenters. The predicted molar refractivity (Wildman–Crippen MR) is 46.5 cm³/mol. The van der Waals surface area contributed by atoms with Crippen LogP contribution in [-0.4, -0.2) is 13.7 Å². The molecule has 0 aromatic carbocycles. The van der Waals surface area contributed by atoms with E-state index in [9.17, 15) is 0 Å². The maximum atomic E-state index is 8.68. The third-order valence-electron chi connectivity index (χ3n) is 1.57. The average Bonchev–Trinajstić information content (AvgIpc) is 2.04. The summed E-state index contributed by atoms with van der Waals surface area (Å²) in [5.74, 6) is 2.00. The summed E-state index contributed by atoms with van der Waals surface area (Å²) in [6.07, 6.45) is 0.763. The third-order valence-corrected chi connectivity index (χ3v) is 1.57. The Kier molecular flexibility index (Phi) is 3.64. The molecule has 3 heteroatoms. The SMILES string of the molecule is [B]CC(C)(C#N)CC(C)=C=[N-]. The monoisotopic (exact) mass is 145 g/mol. The predicted octanol–water partition coefficient (Wildman–Crippen LogP) is 1.68. The molecule has 0 amide bonds. The first-order chi connectivity index (χ1) is 5.08. The second-order valence-corrected chi connectivity index (χ2v) is 2.95. The number of rotatable bonds is 3. The molecule has 0 aromatic rings. The molecule has 0 aliphatic heterocycles. The molecule has 0 N–H and O–H groups in total. The smallest absolute Gasteiger partial charge is 0.0682 e. The van der Waals surface area contributed by atoms with E-state index in [1.165, 1.54) is 0 Å². The number of nitrogens with zero attached hydrogens (tertiary/aromatic N) is 2. The Morgan fingerprint density at radius 3 is 2.55 bits per heavy atom. The quantitative estimate of drug-likeness (QED) is 0.440. The van der Waals surface area contributed by atoms with Crippen molar-refractivity contribution in [2.45, 2.75) is 26.6 Å². The van der Waals surface area contributed by atoms with Crippen LogP contribution in [0.4, 0.5) is 0 Å². The van der Waals surface area contributed by atoms with Gasteiger partial charge < -0.3 is 5.41 Å². The summed E-state index contributed by atoms with van der Waals surface area (Å²) in [5, 5.41) is 17.1. The molecular formula is C8H10BN2-. The summed E-state index contributed by atoms with van der Waals surface area (Å²) in [4.78, 5) is 0. The van der Waals surface area contributed by atoms with E-state index in [2.05, 4.69) is 6.07 Å². The normalized spacial score (nSPS) is 14.3. The first-order valence-electron chi connectivity index (χ1n) is 3.42. The van der Waals surface area contributed by atoms with Crippen LogP contribution in [0.5, 0.6) is 0 Å². The van der Waals surface area contributed by atoms with Crippen molar-refractivity contribution in [3.8, 4) is 6.07 Å². The van der Waals surface area contributed by atoms with Crippen molar-refractivity contribution in [3.63, 3.8) is 0 Å². The second kappa shape index (κ2) is 4.00. The van der Waals surface area contributed by atoms with Gasteiger partial charge in [0.25, 0.3) is 0 Å². The van der Waals surface area contributed by atoms with E-state index in [1.54, 1.807) is 13.8 Å². The second-order valence-electron chi connectivity index (χ2n) is 2.95. The fraction of sp³-hybridized carbons (Fsp3) is 0.625. The Balaban J connectivity index is 4.35. The van der Waals surface area contributed by atoms with Crippen molar-refractivity contribution in [1.29, 1.82) is 5.26 Å². The van der Waals surface area contributed by atoms with Crippen molar-refractivity contribution in [1.82, 2.24) is 0 Å². The number of allylic oxidation sites excluding steroid dienone is 1. The molecule has 0 aliphatic carbocycles. The van der Waals surface area contributed by atoms with Crippen LogP contribution >= 0.6 is 0 Å². The van der Waals surface area contributed by atoms with Crippen molar-refractivity contribution in [2.24, 2.45) is 5.41 Å². The number of hydrogen-bond donors (Lipinski definition) is 0. The zero-order valence-corrected chi connectivity index (χ0v) is 6.89. The molecule has 0 heterocycles. The lowest BCUT2D eigenvalue weighted by Gasteiger charge is -2.19. The molecule has 0 fully saturated rings. The molecule has 0 spiro atoms. The molecule has 56 valence electrons. The lowest BCUT2D eigenvalue weighted by molar-refractivity contribution is 0.493. The van der Waals surface area contributed by atoms with Crippen LogP contribution in [0, 0.1) is 16.7 Å². The van der Waals surface area contributed by atoms with Crippen LogP contribution in [0.15, 0.2) is 5.57 Å². The van der Waals surface area contributed by atoms with E-state index >= 15 is 0 Å².